The van der Waals surface area contributed by atoms with E-state index in [1.807, 2.05) is 6.92 Å². The normalized spacial score (nSPS) is 12.0. The van der Waals surface area contributed by atoms with Crippen molar-refractivity contribution in [2.24, 2.45) is 0 Å². The van der Waals surface area contributed by atoms with Crippen LogP contribution < -0.4 is 5.32 Å². The van der Waals surface area contributed by atoms with Crippen LogP contribution in [-0.4, -0.2) is 39.3 Å². The number of hydroxylamine groups is 1. The van der Waals surface area contributed by atoms with Crippen LogP contribution in [0, 0.1) is 0 Å². The minimum Gasteiger partial charge on any atom is -0.313 e. The molecule has 0 saturated heterocycles. The third-order valence-corrected chi connectivity index (χ3v) is 2.56. The Hall–Kier alpha value is 0.570. The lowest BCUT2D eigenvalue weighted by molar-refractivity contribution is -0.185. The van der Waals surface area contributed by atoms with E-state index in [1.165, 1.54) is 5.17 Å². The molecule has 0 aromatic heterocycles. The van der Waals surface area contributed by atoms with Gasteiger partial charge in [-0.2, -0.15) is 3.22 Å². The van der Waals surface area contributed by atoms with Gasteiger partial charge in [0.25, 0.3) is 0 Å². The Morgan fingerprint density at radius 1 is 1.50 bits per heavy atom. The van der Waals surface area contributed by atoms with Crippen LogP contribution in [0.3, 0.4) is 0 Å². The average molecular weight is 287 g/mol. The maximum absolute atomic E-state index is 9.34. The first-order valence-corrected chi connectivity index (χ1v) is 5.17. The Labute approximate surface area is 88.3 Å². The molecule has 74 valence electrons. The minimum atomic E-state index is 0.475. The van der Waals surface area contributed by atoms with Gasteiger partial charge < -0.3 is 5.32 Å². The molecule has 0 fully saturated rings. The van der Waals surface area contributed by atoms with Gasteiger partial charge in [0.2, 0.25) is 0 Å². The molecule has 0 aromatic carbocycles. The highest BCUT2D eigenvalue weighted by atomic mass is 127. The summed E-state index contributed by atoms with van der Waals surface area (Å²) in [6.45, 7) is 8.39. The van der Waals surface area contributed by atoms with Crippen molar-refractivity contribution in [2.45, 2.75) is 26.8 Å². The predicted octanol–water partition coefficient (Wildman–Crippen LogP) is 1.26. The minimum absolute atomic E-state index is 0.475. The van der Waals surface area contributed by atoms with Crippen LogP contribution in [0.1, 0.15) is 20.8 Å². The van der Waals surface area contributed by atoms with E-state index in [4.69, 9.17) is 0 Å². The van der Waals surface area contributed by atoms with Crippen molar-refractivity contribution in [2.75, 3.05) is 19.6 Å². The Morgan fingerprint density at radius 3 is 2.50 bits per heavy atom. The van der Waals surface area contributed by atoms with Gasteiger partial charge in [0.1, 0.15) is 0 Å². The molecule has 2 N–H and O–H groups in total. The molecule has 12 heavy (non-hydrogen) atoms. The average Bonchev–Trinajstić information content (AvgIpc) is 2.02. The van der Waals surface area contributed by atoms with Crippen LogP contribution in [0.15, 0.2) is 0 Å². The summed E-state index contributed by atoms with van der Waals surface area (Å²) in [6.07, 6.45) is 0. The smallest absolute Gasteiger partial charge is 0.0534 e. The Kier molecular flexibility index (Phi) is 7.35. The van der Waals surface area contributed by atoms with Gasteiger partial charge in [-0.15, -0.1) is 5.17 Å². The summed E-state index contributed by atoms with van der Waals surface area (Å²) in [5.41, 5.74) is 0. The maximum Gasteiger partial charge on any atom is 0.0534 e. The van der Waals surface area contributed by atoms with Crippen LogP contribution >= 0.6 is 22.9 Å². The van der Waals surface area contributed by atoms with Gasteiger partial charge >= 0.3 is 0 Å². The van der Waals surface area contributed by atoms with Crippen molar-refractivity contribution < 1.29 is 5.21 Å². The van der Waals surface area contributed by atoms with E-state index in [9.17, 15) is 5.21 Å². The molecule has 0 bridgehead atoms. The van der Waals surface area contributed by atoms with Crippen LogP contribution in [0.25, 0.3) is 0 Å². The molecule has 0 heterocycles. The number of hydrogen-bond donors (Lipinski definition) is 2. The SMILES string of the molecule is CCN(I)N(O)CCNC(C)C. The van der Waals surface area contributed by atoms with E-state index in [0.717, 1.165) is 13.1 Å². The summed E-state index contributed by atoms with van der Waals surface area (Å²) in [7, 11) is 0. The highest BCUT2D eigenvalue weighted by Gasteiger charge is 2.06. The van der Waals surface area contributed by atoms with E-state index in [1.54, 1.807) is 3.22 Å². The largest absolute Gasteiger partial charge is 0.313 e. The van der Waals surface area contributed by atoms with Gasteiger partial charge in [0.05, 0.1) is 6.54 Å². The number of nitrogens with one attached hydrogen (secondary N) is 1. The first-order chi connectivity index (χ1) is 5.57. The molecule has 0 unspecified atom stereocenters. The number of halogens is 1. The summed E-state index contributed by atoms with van der Waals surface area (Å²) in [4.78, 5) is 0. The van der Waals surface area contributed by atoms with Gasteiger partial charge in [-0.1, -0.05) is 20.8 Å². The number of hydrazine groups is 1. The fourth-order valence-corrected chi connectivity index (χ4v) is 0.941. The monoisotopic (exact) mass is 287 g/mol. The van der Waals surface area contributed by atoms with Crippen molar-refractivity contribution >= 4 is 22.9 Å². The van der Waals surface area contributed by atoms with Crippen LogP contribution in [0.2, 0.25) is 0 Å². The molecule has 0 amide bonds. The lowest BCUT2D eigenvalue weighted by Gasteiger charge is -2.22. The third kappa shape index (κ3) is 6.13. The molecule has 0 aliphatic heterocycles. The van der Waals surface area contributed by atoms with E-state index in [0.29, 0.717) is 12.6 Å². The fourth-order valence-electron chi connectivity index (χ4n) is 0.725. The molecule has 0 saturated carbocycles. The summed E-state index contributed by atoms with van der Waals surface area (Å²) in [5, 5.41) is 13.8. The molecular formula is C7H18IN3O. The van der Waals surface area contributed by atoms with E-state index >= 15 is 0 Å². The van der Waals surface area contributed by atoms with Gasteiger partial charge in [-0.3, -0.25) is 5.21 Å². The standard InChI is InChI=1S/C7H18IN3O/c1-4-10(8)11(12)6-5-9-7(2)3/h7,9,12H,4-6H2,1-3H3. The highest BCUT2D eigenvalue weighted by molar-refractivity contribution is 14.1. The first-order valence-electron chi connectivity index (χ1n) is 4.21. The highest BCUT2D eigenvalue weighted by Crippen LogP contribution is 2.00. The Balaban J connectivity index is 3.37. The Morgan fingerprint density at radius 2 is 2.08 bits per heavy atom. The molecule has 0 aliphatic carbocycles. The molecule has 0 spiro atoms. The zero-order chi connectivity index (χ0) is 9.56. The van der Waals surface area contributed by atoms with Crippen LogP contribution in [0.5, 0.6) is 0 Å². The molecule has 5 heteroatoms. The number of rotatable bonds is 6. The van der Waals surface area contributed by atoms with E-state index in [-0.39, 0.29) is 0 Å². The Bertz CT molecular complexity index is 113. The molecule has 0 atom stereocenters. The number of nitrogens with zero attached hydrogens (tertiary/aromatic N) is 2. The quantitative estimate of drug-likeness (QED) is 0.438. The van der Waals surface area contributed by atoms with Crippen molar-refractivity contribution in [3.63, 3.8) is 0 Å². The molecule has 0 rings (SSSR count). The van der Waals surface area contributed by atoms with Gasteiger partial charge in [0.15, 0.2) is 0 Å². The maximum atomic E-state index is 9.34. The summed E-state index contributed by atoms with van der Waals surface area (Å²) in [5.74, 6) is 0. The second kappa shape index (κ2) is 7.02. The molecule has 4 nitrogen and oxygen atoms in total. The van der Waals surface area contributed by atoms with Crippen molar-refractivity contribution in [3.05, 3.63) is 0 Å². The van der Waals surface area contributed by atoms with Crippen molar-refractivity contribution in [3.8, 4) is 0 Å². The first kappa shape index (κ1) is 12.6. The van der Waals surface area contributed by atoms with Gasteiger partial charge in [0, 0.05) is 42.0 Å². The molecule has 0 aliphatic rings. The van der Waals surface area contributed by atoms with E-state index < -0.39 is 0 Å². The molecular weight excluding hydrogens is 269 g/mol. The summed E-state index contributed by atoms with van der Waals surface area (Å²) in [6, 6.07) is 0.475. The van der Waals surface area contributed by atoms with Crippen LogP contribution in [0.4, 0.5) is 0 Å². The van der Waals surface area contributed by atoms with E-state index in [2.05, 4.69) is 42.0 Å². The summed E-state index contributed by atoms with van der Waals surface area (Å²) >= 11 is 2.07. The van der Waals surface area contributed by atoms with Crippen molar-refractivity contribution in [1.29, 1.82) is 0 Å². The topological polar surface area (TPSA) is 38.7 Å². The third-order valence-electron chi connectivity index (χ3n) is 1.38. The van der Waals surface area contributed by atoms with Gasteiger partial charge in [-0.05, 0) is 0 Å². The van der Waals surface area contributed by atoms with Gasteiger partial charge in [-0.25, -0.2) is 0 Å². The second-order valence-corrected chi connectivity index (χ2v) is 3.97. The van der Waals surface area contributed by atoms with Crippen molar-refractivity contribution in [1.82, 2.24) is 13.7 Å². The summed E-state index contributed by atoms with van der Waals surface area (Å²) < 4.78 is 1.74. The predicted molar refractivity (Wildman–Crippen MR) is 58.0 cm³/mol. The zero-order valence-corrected chi connectivity index (χ0v) is 10.1. The lowest BCUT2D eigenvalue weighted by atomic mass is 10.4. The molecule has 0 radical (unpaired) electrons. The van der Waals surface area contributed by atoms with Crippen LogP contribution in [-0.2, 0) is 0 Å². The fraction of sp³-hybridized carbons (Fsp3) is 1.00. The second-order valence-electron chi connectivity index (χ2n) is 2.86. The molecule has 0 aromatic rings. The lowest BCUT2D eigenvalue weighted by Crippen LogP contribution is -2.39. The zero-order valence-electron chi connectivity index (χ0n) is 7.92. The number of hydrogen-bond acceptors (Lipinski definition) is 4.